The number of allylic oxidation sites excluding steroid dienone is 4. The Morgan fingerprint density at radius 1 is 0.795 bits per heavy atom. The van der Waals surface area contributed by atoms with E-state index in [4.69, 9.17) is 9.05 Å². The standard InChI is InChI=1S/C35H69N2O6P/c1-6-8-10-12-14-15-16-17-18-19-20-21-22-23-25-27-29-35(39)36-33(34(38)28-26-24-13-11-9-7-2)32-43-44(40,41)42-31-30-37(3,4)5/h15-16,18-19,33-34,38H,6-14,17,20-32H2,1-5H3,(H-,36,39,40,41)/b16-15-,19-18-. The van der Waals surface area contributed by atoms with Crippen LogP contribution >= 0.6 is 7.82 Å². The number of hydrogen-bond donors (Lipinski definition) is 2. The molecular weight excluding hydrogens is 575 g/mol. The summed E-state index contributed by atoms with van der Waals surface area (Å²) >= 11 is 0. The molecule has 0 spiro atoms. The molecule has 9 heteroatoms. The highest BCUT2D eigenvalue weighted by Crippen LogP contribution is 2.38. The predicted molar refractivity (Wildman–Crippen MR) is 182 cm³/mol. The van der Waals surface area contributed by atoms with Gasteiger partial charge in [-0.25, -0.2) is 0 Å². The van der Waals surface area contributed by atoms with Crippen LogP contribution < -0.4 is 10.2 Å². The number of carbonyl (C=O) groups excluding carboxylic acids is 1. The number of carbonyl (C=O) groups is 1. The molecule has 260 valence electrons. The van der Waals surface area contributed by atoms with Crippen molar-refractivity contribution in [3.05, 3.63) is 24.3 Å². The Labute approximate surface area is 271 Å². The van der Waals surface area contributed by atoms with Gasteiger partial charge in [0, 0.05) is 6.42 Å². The van der Waals surface area contributed by atoms with Crippen molar-refractivity contribution in [1.82, 2.24) is 5.32 Å². The number of nitrogens with one attached hydrogen (secondary N) is 1. The molecule has 0 aliphatic carbocycles. The normalized spacial score (nSPS) is 15.2. The summed E-state index contributed by atoms with van der Waals surface area (Å²) < 4.78 is 23.0. The molecule has 0 aromatic rings. The van der Waals surface area contributed by atoms with E-state index in [1.807, 2.05) is 21.1 Å². The van der Waals surface area contributed by atoms with Gasteiger partial charge in [0.15, 0.2) is 0 Å². The van der Waals surface area contributed by atoms with E-state index >= 15 is 0 Å². The summed E-state index contributed by atoms with van der Waals surface area (Å²) in [5.74, 6) is -0.186. The number of unbranched alkanes of at least 4 members (excludes halogenated alkanes) is 14. The lowest BCUT2D eigenvalue weighted by molar-refractivity contribution is -0.870. The molecule has 0 heterocycles. The number of phosphoric acid groups is 1. The van der Waals surface area contributed by atoms with Crippen molar-refractivity contribution in [2.75, 3.05) is 40.9 Å². The van der Waals surface area contributed by atoms with Crippen molar-refractivity contribution >= 4 is 13.7 Å². The van der Waals surface area contributed by atoms with E-state index in [1.165, 1.54) is 51.4 Å². The molecule has 8 nitrogen and oxygen atoms in total. The Kier molecular flexibility index (Phi) is 27.6. The molecule has 44 heavy (non-hydrogen) atoms. The highest BCUT2D eigenvalue weighted by Gasteiger charge is 2.24. The third kappa shape index (κ3) is 29.7. The Hall–Kier alpha value is -1.02. The van der Waals surface area contributed by atoms with Crippen molar-refractivity contribution in [3.8, 4) is 0 Å². The van der Waals surface area contributed by atoms with Crippen LogP contribution in [0.15, 0.2) is 24.3 Å². The summed E-state index contributed by atoms with van der Waals surface area (Å²) in [4.78, 5) is 25.0. The zero-order valence-corrected chi connectivity index (χ0v) is 30.0. The summed E-state index contributed by atoms with van der Waals surface area (Å²) in [5, 5.41) is 13.6. The molecule has 0 aromatic carbocycles. The second-order valence-electron chi connectivity index (χ2n) is 13.2. The van der Waals surface area contributed by atoms with Crippen LogP contribution in [0.1, 0.15) is 142 Å². The monoisotopic (exact) mass is 644 g/mol. The number of likely N-dealkylation sites (N-methyl/N-ethyl adjacent to an activating group) is 1. The van der Waals surface area contributed by atoms with Crippen molar-refractivity contribution in [3.63, 3.8) is 0 Å². The fraction of sp³-hybridized carbons (Fsp3) is 0.857. The summed E-state index contributed by atoms with van der Waals surface area (Å²) in [7, 11) is 1.28. The molecule has 3 atom stereocenters. The largest absolute Gasteiger partial charge is 0.756 e. The average Bonchev–Trinajstić information content (AvgIpc) is 2.95. The first-order valence-corrected chi connectivity index (χ1v) is 19.1. The van der Waals surface area contributed by atoms with Gasteiger partial charge in [-0.3, -0.25) is 9.36 Å². The van der Waals surface area contributed by atoms with Gasteiger partial charge in [0.1, 0.15) is 13.2 Å². The molecule has 0 rings (SSSR count). The zero-order chi connectivity index (χ0) is 32.9. The average molecular weight is 645 g/mol. The fourth-order valence-corrected chi connectivity index (χ4v) is 5.49. The number of phosphoric ester groups is 1. The van der Waals surface area contributed by atoms with Gasteiger partial charge in [0.05, 0.1) is 39.9 Å². The minimum atomic E-state index is -4.55. The number of aliphatic hydroxyl groups excluding tert-OH is 1. The van der Waals surface area contributed by atoms with Crippen LogP contribution in [0, 0.1) is 0 Å². The van der Waals surface area contributed by atoms with Gasteiger partial charge in [-0.05, 0) is 44.9 Å². The number of hydrogen-bond acceptors (Lipinski definition) is 6. The van der Waals surface area contributed by atoms with E-state index < -0.39 is 20.0 Å². The van der Waals surface area contributed by atoms with E-state index in [2.05, 4.69) is 43.5 Å². The zero-order valence-electron chi connectivity index (χ0n) is 29.1. The molecule has 0 radical (unpaired) electrons. The van der Waals surface area contributed by atoms with Crippen LogP contribution in [0.25, 0.3) is 0 Å². The van der Waals surface area contributed by atoms with Crippen molar-refractivity contribution in [1.29, 1.82) is 0 Å². The van der Waals surface area contributed by atoms with E-state index in [1.54, 1.807) is 0 Å². The Balaban J connectivity index is 4.39. The van der Waals surface area contributed by atoms with Crippen LogP contribution in [0.3, 0.4) is 0 Å². The number of rotatable bonds is 31. The van der Waals surface area contributed by atoms with Crippen LogP contribution in [0.4, 0.5) is 0 Å². The quantitative estimate of drug-likeness (QED) is 0.0343. The summed E-state index contributed by atoms with van der Waals surface area (Å²) in [6, 6.07) is -0.801. The summed E-state index contributed by atoms with van der Waals surface area (Å²) in [6.07, 6.45) is 29.1. The van der Waals surface area contributed by atoms with Gasteiger partial charge in [0.2, 0.25) is 5.91 Å². The Morgan fingerprint density at radius 2 is 1.32 bits per heavy atom. The van der Waals surface area contributed by atoms with Crippen LogP contribution in [0.5, 0.6) is 0 Å². The molecule has 3 unspecified atom stereocenters. The van der Waals surface area contributed by atoms with Crippen molar-refractivity contribution in [2.24, 2.45) is 0 Å². The lowest BCUT2D eigenvalue weighted by atomic mass is 10.0. The summed E-state index contributed by atoms with van der Waals surface area (Å²) in [6.45, 7) is 4.59. The molecule has 0 fully saturated rings. The van der Waals surface area contributed by atoms with Crippen LogP contribution in [-0.2, 0) is 18.4 Å². The molecule has 0 saturated carbocycles. The molecule has 0 aliphatic heterocycles. The fourth-order valence-electron chi connectivity index (χ4n) is 4.77. The van der Waals surface area contributed by atoms with E-state index in [0.717, 1.165) is 64.2 Å². The van der Waals surface area contributed by atoms with E-state index in [9.17, 15) is 19.4 Å². The number of nitrogens with zero attached hydrogens (tertiary/aromatic N) is 1. The molecular formula is C35H69N2O6P. The number of amides is 1. The molecule has 0 bridgehead atoms. The van der Waals surface area contributed by atoms with Gasteiger partial charge in [-0.2, -0.15) is 0 Å². The van der Waals surface area contributed by atoms with Gasteiger partial charge < -0.3 is 28.8 Å². The van der Waals surface area contributed by atoms with Crippen LogP contribution in [-0.4, -0.2) is 68.5 Å². The minimum Gasteiger partial charge on any atom is -0.756 e. The topological polar surface area (TPSA) is 108 Å². The lowest BCUT2D eigenvalue weighted by Crippen LogP contribution is -2.46. The second kappa shape index (κ2) is 28.2. The first kappa shape index (κ1) is 43.0. The van der Waals surface area contributed by atoms with E-state index in [-0.39, 0.29) is 19.1 Å². The first-order chi connectivity index (χ1) is 21.0. The Bertz CT molecular complexity index is 784. The third-order valence-electron chi connectivity index (χ3n) is 7.69. The SMILES string of the molecule is CCCCCC/C=C\C/C=C\CCCCCCCC(=O)NC(COP(=O)([O-])OCC[N+](C)(C)C)C(O)CCCCCCCC. The number of aliphatic hydroxyl groups is 1. The van der Waals surface area contributed by atoms with Gasteiger partial charge in [-0.1, -0.05) is 115 Å². The van der Waals surface area contributed by atoms with E-state index in [0.29, 0.717) is 23.9 Å². The molecule has 2 N–H and O–H groups in total. The highest BCUT2D eigenvalue weighted by molar-refractivity contribution is 7.45. The molecule has 1 amide bonds. The molecule has 0 aromatic heterocycles. The molecule has 0 saturated heterocycles. The van der Waals surface area contributed by atoms with Crippen molar-refractivity contribution in [2.45, 2.75) is 154 Å². The lowest BCUT2D eigenvalue weighted by Gasteiger charge is -2.30. The Morgan fingerprint density at radius 3 is 1.91 bits per heavy atom. The second-order valence-corrected chi connectivity index (χ2v) is 14.6. The first-order valence-electron chi connectivity index (χ1n) is 17.7. The molecule has 0 aliphatic rings. The maximum Gasteiger partial charge on any atom is 0.268 e. The predicted octanol–water partition coefficient (Wildman–Crippen LogP) is 7.99. The third-order valence-corrected chi connectivity index (χ3v) is 8.66. The number of quaternary nitrogens is 1. The maximum absolute atomic E-state index is 12.7. The highest BCUT2D eigenvalue weighted by atomic mass is 31.2. The smallest absolute Gasteiger partial charge is 0.268 e. The van der Waals surface area contributed by atoms with Gasteiger partial charge in [0.25, 0.3) is 7.82 Å². The van der Waals surface area contributed by atoms with Crippen LogP contribution in [0.2, 0.25) is 0 Å². The maximum atomic E-state index is 12.7. The minimum absolute atomic E-state index is 0.00844. The summed E-state index contributed by atoms with van der Waals surface area (Å²) in [5.41, 5.74) is 0. The van der Waals surface area contributed by atoms with Gasteiger partial charge in [-0.15, -0.1) is 0 Å². The van der Waals surface area contributed by atoms with Gasteiger partial charge >= 0.3 is 0 Å². The van der Waals surface area contributed by atoms with Crippen molar-refractivity contribution < 1.29 is 32.9 Å².